The summed E-state index contributed by atoms with van der Waals surface area (Å²) >= 11 is 0. The number of carbonyl (C=O) groups is 1. The second kappa shape index (κ2) is 11.8. The van der Waals surface area contributed by atoms with Crippen LogP contribution in [0.1, 0.15) is 12.5 Å². The number of aromatic nitrogens is 4. The Labute approximate surface area is 211 Å². The molecule has 3 heterocycles. The van der Waals surface area contributed by atoms with Crippen molar-refractivity contribution in [2.75, 3.05) is 43.0 Å². The standard InChI is InChI=1S/C22H27N7O.C2HF3O2/c1-4-5-13-29-18-19(25-22(29)28-14-11-23-12-15-28)24-21(27(3)20(18)30)26(2)16-17-9-7-6-8-10-17;3-2(4,5)1(6)7/h6-10,23H,11-16H2,1-3H3;(H,6,7). The van der Waals surface area contributed by atoms with E-state index in [4.69, 9.17) is 19.9 Å². The molecule has 1 aromatic carbocycles. The third kappa shape index (κ3) is 6.59. The van der Waals surface area contributed by atoms with E-state index in [0.717, 1.165) is 37.7 Å². The molecular weight excluding hydrogens is 491 g/mol. The fraction of sp³-hybridized carbons (Fsp3) is 0.417. The van der Waals surface area contributed by atoms with Gasteiger partial charge in [-0.15, -0.1) is 5.92 Å². The van der Waals surface area contributed by atoms with Crippen LogP contribution in [0.2, 0.25) is 0 Å². The minimum absolute atomic E-state index is 0.110. The van der Waals surface area contributed by atoms with E-state index in [2.05, 4.69) is 34.2 Å². The summed E-state index contributed by atoms with van der Waals surface area (Å²) in [6.45, 7) is 6.32. The van der Waals surface area contributed by atoms with Crippen molar-refractivity contribution in [2.24, 2.45) is 7.05 Å². The number of alkyl halides is 3. The minimum Gasteiger partial charge on any atom is -0.475 e. The number of hydrogen-bond donors (Lipinski definition) is 2. The fourth-order valence-corrected chi connectivity index (χ4v) is 3.82. The number of nitrogens with one attached hydrogen (secondary N) is 1. The number of aliphatic carboxylic acids is 1. The average Bonchev–Trinajstić information content (AvgIpc) is 3.24. The van der Waals surface area contributed by atoms with Gasteiger partial charge in [-0.3, -0.25) is 13.9 Å². The van der Waals surface area contributed by atoms with Crippen LogP contribution >= 0.6 is 0 Å². The summed E-state index contributed by atoms with van der Waals surface area (Å²) in [5.74, 6) is 4.61. The lowest BCUT2D eigenvalue weighted by Crippen LogP contribution is -2.44. The van der Waals surface area contributed by atoms with Gasteiger partial charge < -0.3 is 20.2 Å². The van der Waals surface area contributed by atoms with E-state index in [0.29, 0.717) is 30.2 Å². The lowest BCUT2D eigenvalue weighted by Gasteiger charge is -2.28. The first kappa shape index (κ1) is 27.5. The van der Waals surface area contributed by atoms with Crippen molar-refractivity contribution in [3.05, 3.63) is 46.2 Å². The quantitative estimate of drug-likeness (QED) is 0.492. The number of nitrogens with zero attached hydrogens (tertiary/aromatic N) is 6. The Morgan fingerprint density at radius 2 is 1.81 bits per heavy atom. The van der Waals surface area contributed by atoms with E-state index < -0.39 is 12.1 Å². The van der Waals surface area contributed by atoms with Crippen LogP contribution in [0.3, 0.4) is 0 Å². The summed E-state index contributed by atoms with van der Waals surface area (Å²) in [7, 11) is 3.70. The molecule has 198 valence electrons. The van der Waals surface area contributed by atoms with Gasteiger partial charge in [0.2, 0.25) is 11.9 Å². The summed E-state index contributed by atoms with van der Waals surface area (Å²) in [6, 6.07) is 10.1. The van der Waals surface area contributed by atoms with Gasteiger partial charge in [-0.2, -0.15) is 23.1 Å². The highest BCUT2D eigenvalue weighted by molar-refractivity contribution is 5.76. The molecule has 0 radical (unpaired) electrons. The maximum atomic E-state index is 13.3. The van der Waals surface area contributed by atoms with E-state index in [-0.39, 0.29) is 5.56 Å². The molecule has 3 aromatic rings. The molecule has 1 aliphatic heterocycles. The van der Waals surface area contributed by atoms with E-state index in [9.17, 15) is 18.0 Å². The number of carboxylic acids is 1. The molecule has 2 aromatic heterocycles. The minimum atomic E-state index is -5.08. The van der Waals surface area contributed by atoms with Crippen LogP contribution in [0.5, 0.6) is 0 Å². The van der Waals surface area contributed by atoms with Gasteiger partial charge in [0, 0.05) is 46.8 Å². The smallest absolute Gasteiger partial charge is 0.475 e. The lowest BCUT2D eigenvalue weighted by molar-refractivity contribution is -0.192. The highest BCUT2D eigenvalue weighted by Crippen LogP contribution is 2.22. The largest absolute Gasteiger partial charge is 0.490 e. The normalized spacial score (nSPS) is 13.4. The lowest BCUT2D eigenvalue weighted by atomic mass is 10.2. The zero-order valence-corrected chi connectivity index (χ0v) is 20.7. The summed E-state index contributed by atoms with van der Waals surface area (Å²) in [6.07, 6.45) is -5.08. The van der Waals surface area contributed by atoms with Crippen LogP contribution in [0.4, 0.5) is 25.1 Å². The van der Waals surface area contributed by atoms with Gasteiger partial charge in [-0.05, 0) is 12.5 Å². The molecule has 0 bridgehead atoms. The molecule has 0 spiro atoms. The van der Waals surface area contributed by atoms with E-state index in [1.54, 1.807) is 18.5 Å². The van der Waals surface area contributed by atoms with Crippen LogP contribution < -0.4 is 20.7 Å². The molecule has 0 unspecified atom stereocenters. The number of imidazole rings is 1. The molecule has 0 amide bonds. The zero-order chi connectivity index (χ0) is 27.2. The van der Waals surface area contributed by atoms with E-state index >= 15 is 0 Å². The van der Waals surface area contributed by atoms with Crippen LogP contribution in [0.25, 0.3) is 11.2 Å². The van der Waals surface area contributed by atoms with Crippen LogP contribution in [-0.2, 0) is 24.9 Å². The Balaban J connectivity index is 0.000000479. The van der Waals surface area contributed by atoms with Crippen molar-refractivity contribution in [3.63, 3.8) is 0 Å². The SMILES string of the molecule is CC#CCn1c(N2CCNCC2)nc2nc(N(C)Cc3ccccc3)n(C)c(=O)c21.O=C(O)C(F)(F)F. The first-order chi connectivity index (χ1) is 17.5. The number of fused-ring (bicyclic) bond motifs is 1. The Morgan fingerprint density at radius 3 is 2.38 bits per heavy atom. The number of hydrogen-bond acceptors (Lipinski definition) is 7. The molecule has 37 heavy (non-hydrogen) atoms. The van der Waals surface area contributed by atoms with E-state index in [1.807, 2.05) is 34.7 Å². The topological polar surface area (TPSA) is 109 Å². The van der Waals surface area contributed by atoms with E-state index in [1.165, 1.54) is 0 Å². The number of carboxylic acid groups (broad SMARTS) is 1. The van der Waals surface area contributed by atoms with Crippen molar-refractivity contribution >= 4 is 29.0 Å². The number of halogens is 3. The van der Waals surface area contributed by atoms with Crippen molar-refractivity contribution < 1.29 is 23.1 Å². The second-order valence-corrected chi connectivity index (χ2v) is 8.25. The Kier molecular flexibility index (Phi) is 8.77. The third-order valence-electron chi connectivity index (χ3n) is 5.60. The van der Waals surface area contributed by atoms with Gasteiger partial charge in [-0.25, -0.2) is 4.79 Å². The summed E-state index contributed by atoms with van der Waals surface area (Å²) in [5.41, 5.74) is 2.02. The summed E-state index contributed by atoms with van der Waals surface area (Å²) in [4.78, 5) is 36.0. The van der Waals surface area contributed by atoms with Crippen LogP contribution in [0.15, 0.2) is 35.1 Å². The molecule has 10 nitrogen and oxygen atoms in total. The van der Waals surface area contributed by atoms with Gasteiger partial charge >= 0.3 is 12.1 Å². The first-order valence-corrected chi connectivity index (χ1v) is 11.4. The van der Waals surface area contributed by atoms with Crippen molar-refractivity contribution in [2.45, 2.75) is 26.2 Å². The Morgan fingerprint density at radius 1 is 1.19 bits per heavy atom. The molecule has 1 fully saturated rings. The number of rotatable bonds is 5. The molecule has 1 aliphatic rings. The molecular formula is C24H28F3N7O3. The van der Waals surface area contributed by atoms with Gasteiger partial charge in [-0.1, -0.05) is 36.3 Å². The number of anilines is 2. The Bertz CT molecular complexity index is 1350. The van der Waals surface area contributed by atoms with Crippen molar-refractivity contribution in [1.82, 2.24) is 24.4 Å². The second-order valence-electron chi connectivity index (χ2n) is 8.25. The van der Waals surface area contributed by atoms with Gasteiger partial charge in [0.05, 0.1) is 6.54 Å². The average molecular weight is 520 g/mol. The Hall–Kier alpha value is -4.05. The molecule has 2 N–H and O–H groups in total. The highest BCUT2D eigenvalue weighted by atomic mass is 19.4. The molecule has 0 aliphatic carbocycles. The monoisotopic (exact) mass is 519 g/mol. The maximum absolute atomic E-state index is 13.3. The first-order valence-electron chi connectivity index (χ1n) is 11.4. The zero-order valence-electron chi connectivity index (χ0n) is 20.7. The number of benzene rings is 1. The van der Waals surface area contributed by atoms with Gasteiger partial charge in [0.15, 0.2) is 11.2 Å². The molecule has 1 saturated heterocycles. The van der Waals surface area contributed by atoms with Crippen molar-refractivity contribution in [3.8, 4) is 11.8 Å². The number of piperazine rings is 1. The predicted octanol–water partition coefficient (Wildman–Crippen LogP) is 1.83. The third-order valence-corrected chi connectivity index (χ3v) is 5.60. The predicted molar refractivity (Wildman–Crippen MR) is 134 cm³/mol. The molecule has 4 rings (SSSR count). The van der Waals surface area contributed by atoms with Crippen LogP contribution in [0, 0.1) is 11.8 Å². The molecule has 13 heteroatoms. The van der Waals surface area contributed by atoms with Gasteiger partial charge in [0.25, 0.3) is 5.56 Å². The summed E-state index contributed by atoms with van der Waals surface area (Å²) in [5, 5.41) is 10.5. The van der Waals surface area contributed by atoms with Crippen molar-refractivity contribution in [1.29, 1.82) is 0 Å². The van der Waals surface area contributed by atoms with Gasteiger partial charge in [0.1, 0.15) is 0 Å². The van der Waals surface area contributed by atoms with Crippen LogP contribution in [-0.4, -0.2) is 69.6 Å². The summed E-state index contributed by atoms with van der Waals surface area (Å²) < 4.78 is 35.2. The molecule has 0 atom stereocenters. The highest BCUT2D eigenvalue weighted by Gasteiger charge is 2.38. The maximum Gasteiger partial charge on any atom is 0.490 e. The fourth-order valence-electron chi connectivity index (χ4n) is 3.82. The molecule has 0 saturated carbocycles.